The third kappa shape index (κ3) is 33.8. The molecule has 368 valence electrons. The molecular formula is C55H95NO8. The summed E-state index contributed by atoms with van der Waals surface area (Å²) in [4.78, 5) is 13.0. The highest BCUT2D eigenvalue weighted by molar-refractivity contribution is 5.76. The van der Waals surface area contributed by atoms with Gasteiger partial charge in [0.1, 0.15) is 24.4 Å². The molecule has 1 amide bonds. The third-order valence-corrected chi connectivity index (χ3v) is 11.7. The largest absolute Gasteiger partial charge is 0.394 e. The molecular weight excluding hydrogens is 803 g/mol. The molecule has 1 fully saturated rings. The fraction of sp³-hybridized carbons (Fsp3) is 0.727. The second-order valence-corrected chi connectivity index (χ2v) is 17.6. The molecule has 0 aliphatic carbocycles. The summed E-state index contributed by atoms with van der Waals surface area (Å²) in [7, 11) is 0. The standard InChI is InChI=1S/C55H95NO8/c1-3-5-7-9-11-13-15-17-19-20-21-22-23-24-25-26-27-28-29-30-31-33-35-37-39-41-43-45-51(59)56-48(47-63-55-54(62)53(61)52(60)50(46-57)64-55)49(58)44-42-40-38-36-34-32-18-16-14-12-10-8-6-4-2/h5,7,11,13-14,16-17,19,21-22,34,36,42,44,48-50,52-55,57-58,60-62H,3-4,6,8-10,12,15,18,20,23-33,35,37-41,43,45-47H2,1-2H3,(H,56,59)/b7-5-,13-11-,16-14+,19-17-,22-21-,36-34+,44-42+. The number of carbonyl (C=O) groups is 1. The SMILES string of the molecule is CC/C=C\C/C=C\C/C=C\C/C=C\CCCCCCCCCCCCCCCCC(=O)NC(COC1OC(CO)C(O)C(O)C1O)C(O)/C=C/CC/C=C/CC/C=C/CCCCCC. The summed E-state index contributed by atoms with van der Waals surface area (Å²) in [6, 6.07) is -0.831. The van der Waals surface area contributed by atoms with Crippen molar-refractivity contribution >= 4 is 5.91 Å². The second-order valence-electron chi connectivity index (χ2n) is 17.6. The van der Waals surface area contributed by atoms with Crippen LogP contribution in [0.3, 0.4) is 0 Å². The van der Waals surface area contributed by atoms with E-state index in [0.29, 0.717) is 6.42 Å². The van der Waals surface area contributed by atoms with E-state index < -0.39 is 49.5 Å². The van der Waals surface area contributed by atoms with Crippen LogP contribution in [0.5, 0.6) is 0 Å². The Morgan fingerprint density at radius 1 is 0.547 bits per heavy atom. The van der Waals surface area contributed by atoms with E-state index in [-0.39, 0.29) is 12.5 Å². The minimum absolute atomic E-state index is 0.196. The Morgan fingerprint density at radius 3 is 1.50 bits per heavy atom. The van der Waals surface area contributed by atoms with Crippen LogP contribution in [-0.2, 0) is 14.3 Å². The molecule has 0 saturated carbocycles. The van der Waals surface area contributed by atoms with Gasteiger partial charge in [0, 0.05) is 6.42 Å². The third-order valence-electron chi connectivity index (χ3n) is 11.7. The number of hydrogen-bond donors (Lipinski definition) is 6. The van der Waals surface area contributed by atoms with Crippen LogP contribution >= 0.6 is 0 Å². The molecule has 1 saturated heterocycles. The zero-order valence-electron chi connectivity index (χ0n) is 40.5. The number of hydrogen-bond acceptors (Lipinski definition) is 8. The molecule has 0 aromatic carbocycles. The van der Waals surface area contributed by atoms with Crippen LogP contribution in [0.15, 0.2) is 85.1 Å². The van der Waals surface area contributed by atoms with Crippen LogP contribution in [0, 0.1) is 0 Å². The molecule has 1 heterocycles. The van der Waals surface area contributed by atoms with Crippen molar-refractivity contribution in [1.82, 2.24) is 5.32 Å². The van der Waals surface area contributed by atoms with Gasteiger partial charge in [-0.25, -0.2) is 0 Å². The van der Waals surface area contributed by atoms with Crippen LogP contribution < -0.4 is 5.32 Å². The minimum Gasteiger partial charge on any atom is -0.394 e. The topological polar surface area (TPSA) is 149 Å². The Kier molecular flexibility index (Phi) is 41.0. The number of ether oxygens (including phenoxy) is 2. The maximum Gasteiger partial charge on any atom is 0.220 e. The quantitative estimate of drug-likeness (QED) is 0.0262. The Balaban J connectivity index is 2.25. The Labute approximate surface area is 391 Å². The first-order valence-corrected chi connectivity index (χ1v) is 25.8. The normalized spacial score (nSPS) is 20.8. The molecule has 7 unspecified atom stereocenters. The summed E-state index contributed by atoms with van der Waals surface area (Å²) in [6.07, 6.45) is 54.9. The Hall–Kier alpha value is -2.63. The summed E-state index contributed by atoms with van der Waals surface area (Å²) < 4.78 is 11.2. The van der Waals surface area contributed by atoms with Crippen molar-refractivity contribution in [3.8, 4) is 0 Å². The number of nitrogens with one attached hydrogen (secondary N) is 1. The van der Waals surface area contributed by atoms with Crippen molar-refractivity contribution in [1.29, 1.82) is 0 Å². The highest BCUT2D eigenvalue weighted by Gasteiger charge is 2.44. The Bertz CT molecular complexity index is 1270. The number of amides is 1. The zero-order valence-corrected chi connectivity index (χ0v) is 40.5. The lowest BCUT2D eigenvalue weighted by atomic mass is 9.99. The second kappa shape index (κ2) is 44.2. The van der Waals surface area contributed by atoms with Gasteiger partial charge in [-0.05, 0) is 83.5 Å². The van der Waals surface area contributed by atoms with Crippen molar-refractivity contribution in [2.45, 2.75) is 243 Å². The maximum atomic E-state index is 13.0. The lowest BCUT2D eigenvalue weighted by Crippen LogP contribution is -2.60. The van der Waals surface area contributed by atoms with Gasteiger partial charge in [-0.15, -0.1) is 0 Å². The maximum absolute atomic E-state index is 13.0. The molecule has 1 aliphatic heterocycles. The molecule has 9 heteroatoms. The average Bonchev–Trinajstić information content (AvgIpc) is 3.29. The van der Waals surface area contributed by atoms with Crippen molar-refractivity contribution in [3.05, 3.63) is 85.1 Å². The molecule has 64 heavy (non-hydrogen) atoms. The first-order chi connectivity index (χ1) is 31.3. The number of aliphatic hydroxyl groups is 5. The van der Waals surface area contributed by atoms with E-state index in [2.05, 4.69) is 92.1 Å². The van der Waals surface area contributed by atoms with E-state index in [0.717, 1.165) is 77.0 Å². The van der Waals surface area contributed by atoms with Gasteiger partial charge in [0.2, 0.25) is 5.91 Å². The highest BCUT2D eigenvalue weighted by Crippen LogP contribution is 2.22. The van der Waals surface area contributed by atoms with Crippen molar-refractivity contribution in [3.63, 3.8) is 0 Å². The summed E-state index contributed by atoms with van der Waals surface area (Å²) in [5, 5.41) is 54.3. The first-order valence-electron chi connectivity index (χ1n) is 25.8. The van der Waals surface area contributed by atoms with Gasteiger partial charge in [0.15, 0.2) is 6.29 Å². The van der Waals surface area contributed by atoms with Crippen LogP contribution in [-0.4, -0.2) is 87.5 Å². The minimum atomic E-state index is -1.58. The van der Waals surface area contributed by atoms with Crippen LogP contribution in [0.25, 0.3) is 0 Å². The lowest BCUT2D eigenvalue weighted by Gasteiger charge is -2.40. The van der Waals surface area contributed by atoms with Crippen molar-refractivity contribution in [2.24, 2.45) is 0 Å². The molecule has 9 nitrogen and oxygen atoms in total. The van der Waals surface area contributed by atoms with E-state index in [1.807, 2.05) is 6.08 Å². The lowest BCUT2D eigenvalue weighted by molar-refractivity contribution is -0.302. The van der Waals surface area contributed by atoms with Crippen molar-refractivity contribution in [2.75, 3.05) is 13.2 Å². The molecule has 0 bridgehead atoms. The van der Waals surface area contributed by atoms with Gasteiger partial charge in [-0.3, -0.25) is 4.79 Å². The first kappa shape index (κ1) is 59.4. The number of allylic oxidation sites excluding steroid dienone is 13. The molecule has 6 N–H and O–H groups in total. The monoisotopic (exact) mass is 898 g/mol. The van der Waals surface area contributed by atoms with E-state index in [9.17, 15) is 30.3 Å². The van der Waals surface area contributed by atoms with E-state index in [4.69, 9.17) is 9.47 Å². The van der Waals surface area contributed by atoms with E-state index in [1.54, 1.807) is 6.08 Å². The average molecular weight is 898 g/mol. The fourth-order valence-electron chi connectivity index (χ4n) is 7.59. The molecule has 0 spiro atoms. The van der Waals surface area contributed by atoms with E-state index >= 15 is 0 Å². The van der Waals surface area contributed by atoms with Crippen molar-refractivity contribution < 1.29 is 39.8 Å². The molecule has 0 aromatic heterocycles. The molecule has 0 aromatic rings. The fourth-order valence-corrected chi connectivity index (χ4v) is 7.59. The van der Waals surface area contributed by atoms with Gasteiger partial charge in [0.05, 0.1) is 25.4 Å². The zero-order chi connectivity index (χ0) is 46.6. The number of rotatable bonds is 42. The molecule has 1 rings (SSSR count). The summed E-state index contributed by atoms with van der Waals surface area (Å²) in [6.45, 7) is 3.61. The number of aliphatic hydroxyl groups excluding tert-OH is 5. The van der Waals surface area contributed by atoms with Gasteiger partial charge in [-0.1, -0.05) is 195 Å². The summed E-state index contributed by atoms with van der Waals surface area (Å²) in [5.41, 5.74) is 0. The number of carbonyl (C=O) groups excluding carboxylic acids is 1. The predicted octanol–water partition coefficient (Wildman–Crippen LogP) is 11.9. The number of unbranched alkanes of at least 4 members (excludes halogenated alkanes) is 20. The van der Waals surface area contributed by atoms with Gasteiger partial charge >= 0.3 is 0 Å². The van der Waals surface area contributed by atoms with Gasteiger partial charge < -0.3 is 40.3 Å². The van der Waals surface area contributed by atoms with E-state index in [1.165, 1.54) is 103 Å². The van der Waals surface area contributed by atoms with Crippen LogP contribution in [0.1, 0.15) is 200 Å². The molecule has 0 radical (unpaired) electrons. The van der Waals surface area contributed by atoms with Gasteiger partial charge in [-0.2, -0.15) is 0 Å². The molecule has 7 atom stereocenters. The molecule has 1 aliphatic rings. The smallest absolute Gasteiger partial charge is 0.220 e. The Morgan fingerprint density at radius 2 is 0.984 bits per heavy atom. The van der Waals surface area contributed by atoms with Gasteiger partial charge in [0.25, 0.3) is 0 Å². The predicted molar refractivity (Wildman–Crippen MR) is 267 cm³/mol. The highest BCUT2D eigenvalue weighted by atomic mass is 16.7. The van der Waals surface area contributed by atoms with Crippen LogP contribution in [0.4, 0.5) is 0 Å². The summed E-state index contributed by atoms with van der Waals surface area (Å²) in [5.74, 6) is -0.196. The van der Waals surface area contributed by atoms with Crippen LogP contribution in [0.2, 0.25) is 0 Å². The summed E-state index contributed by atoms with van der Waals surface area (Å²) >= 11 is 0.